The van der Waals surface area contributed by atoms with Crippen LogP contribution in [0.15, 0.2) is 54.9 Å². The van der Waals surface area contributed by atoms with E-state index in [1.165, 1.54) is 6.20 Å². The normalized spacial score (nSPS) is 12.3. The van der Waals surface area contributed by atoms with Gasteiger partial charge in [0.25, 0.3) is 5.91 Å². The molecule has 0 aliphatic carbocycles. The van der Waals surface area contributed by atoms with Crippen molar-refractivity contribution in [2.45, 2.75) is 13.0 Å². The Balaban J connectivity index is 1.71. The minimum absolute atomic E-state index is 0.157. The van der Waals surface area contributed by atoms with Gasteiger partial charge in [0, 0.05) is 12.7 Å². The smallest absolute Gasteiger partial charge is 0.270 e. The number of aliphatic hydroxyl groups is 1. The Labute approximate surface area is 128 Å². The third kappa shape index (κ3) is 2.71. The van der Waals surface area contributed by atoms with Crippen LogP contribution in [0.2, 0.25) is 0 Å². The fourth-order valence-electron chi connectivity index (χ4n) is 2.45. The molecule has 1 atom stereocenters. The third-order valence-electron chi connectivity index (χ3n) is 3.65. The van der Waals surface area contributed by atoms with Crippen molar-refractivity contribution in [2.75, 3.05) is 6.54 Å². The Morgan fingerprint density at radius 1 is 1.27 bits per heavy atom. The topological polar surface area (TPSA) is 66.6 Å². The van der Waals surface area contributed by atoms with E-state index in [-0.39, 0.29) is 12.5 Å². The molecule has 1 unspecified atom stereocenters. The van der Waals surface area contributed by atoms with Crippen molar-refractivity contribution >= 4 is 11.6 Å². The number of aromatic nitrogens is 2. The summed E-state index contributed by atoms with van der Waals surface area (Å²) in [5.74, 6) is -0.258. The number of nitrogens with zero attached hydrogens (tertiary/aromatic N) is 2. The summed E-state index contributed by atoms with van der Waals surface area (Å²) in [5.41, 5.74) is 2.99. The summed E-state index contributed by atoms with van der Waals surface area (Å²) in [5, 5.41) is 13.0. The van der Waals surface area contributed by atoms with E-state index in [2.05, 4.69) is 10.3 Å². The second-order valence-electron chi connectivity index (χ2n) is 5.15. The summed E-state index contributed by atoms with van der Waals surface area (Å²) in [6.45, 7) is 2.09. The molecule has 0 radical (unpaired) electrons. The maximum absolute atomic E-state index is 12.3. The van der Waals surface area contributed by atoms with E-state index in [0.29, 0.717) is 11.3 Å². The highest BCUT2D eigenvalue weighted by molar-refractivity contribution is 5.93. The van der Waals surface area contributed by atoms with Gasteiger partial charge in [-0.2, -0.15) is 0 Å². The average Bonchev–Trinajstić information content (AvgIpc) is 2.97. The molecular formula is C17H17N3O2. The highest BCUT2D eigenvalue weighted by Gasteiger charge is 2.15. The lowest BCUT2D eigenvalue weighted by molar-refractivity contribution is 0.0910. The molecule has 1 amide bonds. The van der Waals surface area contributed by atoms with Crippen molar-refractivity contribution in [3.63, 3.8) is 0 Å². The van der Waals surface area contributed by atoms with Crippen molar-refractivity contribution < 1.29 is 9.90 Å². The molecule has 0 saturated carbocycles. The number of aliphatic hydroxyl groups excluding tert-OH is 1. The molecule has 3 aromatic rings. The first-order valence-electron chi connectivity index (χ1n) is 7.10. The van der Waals surface area contributed by atoms with Crippen molar-refractivity contribution in [2.24, 2.45) is 0 Å². The van der Waals surface area contributed by atoms with E-state index >= 15 is 0 Å². The number of carbonyl (C=O) groups is 1. The molecule has 0 saturated heterocycles. The van der Waals surface area contributed by atoms with Gasteiger partial charge in [-0.25, -0.2) is 4.98 Å². The first-order chi connectivity index (χ1) is 10.7. The van der Waals surface area contributed by atoms with Gasteiger partial charge in [0.15, 0.2) is 0 Å². The van der Waals surface area contributed by atoms with Gasteiger partial charge in [-0.15, -0.1) is 0 Å². The molecule has 1 aromatic carbocycles. The van der Waals surface area contributed by atoms with Crippen LogP contribution >= 0.6 is 0 Å². The van der Waals surface area contributed by atoms with Gasteiger partial charge < -0.3 is 10.4 Å². The molecule has 0 fully saturated rings. The lowest BCUT2D eigenvalue weighted by atomic mass is 10.0. The number of aryl methyl sites for hydroxylation is 1. The van der Waals surface area contributed by atoms with E-state index < -0.39 is 6.10 Å². The van der Waals surface area contributed by atoms with Crippen LogP contribution in [0.3, 0.4) is 0 Å². The van der Waals surface area contributed by atoms with E-state index in [0.717, 1.165) is 11.1 Å². The molecule has 0 aliphatic rings. The Morgan fingerprint density at radius 3 is 2.86 bits per heavy atom. The third-order valence-corrected chi connectivity index (χ3v) is 3.65. The highest BCUT2D eigenvalue weighted by atomic mass is 16.3. The van der Waals surface area contributed by atoms with Crippen molar-refractivity contribution in [3.8, 4) is 0 Å². The van der Waals surface area contributed by atoms with Gasteiger partial charge in [-0.1, -0.05) is 30.3 Å². The van der Waals surface area contributed by atoms with Gasteiger partial charge in [0.1, 0.15) is 11.3 Å². The molecule has 0 spiro atoms. The second-order valence-corrected chi connectivity index (χ2v) is 5.15. The Morgan fingerprint density at radius 2 is 2.05 bits per heavy atom. The Hall–Kier alpha value is -2.66. The lowest BCUT2D eigenvalue weighted by Crippen LogP contribution is -2.29. The number of rotatable bonds is 4. The monoisotopic (exact) mass is 295 g/mol. The van der Waals surface area contributed by atoms with E-state index in [1.54, 1.807) is 10.6 Å². The average molecular weight is 295 g/mol. The number of imidazole rings is 1. The molecule has 2 aromatic heterocycles. The summed E-state index contributed by atoms with van der Waals surface area (Å²) in [6.07, 6.45) is 2.59. The van der Waals surface area contributed by atoms with Gasteiger partial charge in [-0.05, 0) is 30.2 Å². The fourth-order valence-corrected chi connectivity index (χ4v) is 2.45. The van der Waals surface area contributed by atoms with Crippen LogP contribution < -0.4 is 5.32 Å². The number of fused-ring (bicyclic) bond motifs is 1. The first kappa shape index (κ1) is 14.3. The van der Waals surface area contributed by atoms with Gasteiger partial charge in [0.05, 0.1) is 12.3 Å². The van der Waals surface area contributed by atoms with E-state index in [4.69, 9.17) is 0 Å². The Kier molecular flexibility index (Phi) is 3.89. The first-order valence-corrected chi connectivity index (χ1v) is 7.10. The summed E-state index contributed by atoms with van der Waals surface area (Å²) in [4.78, 5) is 16.4. The van der Waals surface area contributed by atoms with Crippen LogP contribution in [-0.2, 0) is 0 Å². The van der Waals surface area contributed by atoms with Crippen LogP contribution in [0.4, 0.5) is 0 Å². The molecule has 2 N–H and O–H groups in total. The number of hydrogen-bond acceptors (Lipinski definition) is 3. The van der Waals surface area contributed by atoms with Crippen molar-refractivity contribution in [1.29, 1.82) is 0 Å². The maximum atomic E-state index is 12.3. The van der Waals surface area contributed by atoms with Crippen LogP contribution in [0.25, 0.3) is 5.65 Å². The summed E-state index contributed by atoms with van der Waals surface area (Å²) < 4.78 is 1.72. The Bertz CT molecular complexity index is 810. The number of pyridine rings is 1. The van der Waals surface area contributed by atoms with Crippen LogP contribution in [0, 0.1) is 6.92 Å². The molecule has 0 aliphatic heterocycles. The maximum Gasteiger partial charge on any atom is 0.270 e. The second kappa shape index (κ2) is 5.99. The molecule has 3 rings (SSSR count). The highest BCUT2D eigenvalue weighted by Crippen LogP contribution is 2.16. The van der Waals surface area contributed by atoms with Crippen molar-refractivity contribution in [3.05, 3.63) is 71.7 Å². The summed E-state index contributed by atoms with van der Waals surface area (Å²) in [6, 6.07) is 13.1. The van der Waals surface area contributed by atoms with Gasteiger partial charge in [0.2, 0.25) is 0 Å². The molecule has 112 valence electrons. The van der Waals surface area contributed by atoms with Crippen LogP contribution in [0.1, 0.15) is 27.7 Å². The van der Waals surface area contributed by atoms with Crippen molar-refractivity contribution in [1.82, 2.24) is 14.7 Å². The van der Waals surface area contributed by atoms with Crippen LogP contribution in [0.5, 0.6) is 0 Å². The summed E-state index contributed by atoms with van der Waals surface area (Å²) >= 11 is 0. The number of hydrogen-bond donors (Lipinski definition) is 2. The number of benzene rings is 1. The lowest BCUT2D eigenvalue weighted by Gasteiger charge is -2.14. The zero-order valence-electron chi connectivity index (χ0n) is 12.2. The predicted molar refractivity (Wildman–Crippen MR) is 83.7 cm³/mol. The molecule has 5 heteroatoms. The quantitative estimate of drug-likeness (QED) is 0.774. The number of nitrogens with one attached hydrogen (secondary N) is 1. The molecule has 22 heavy (non-hydrogen) atoms. The molecule has 5 nitrogen and oxygen atoms in total. The largest absolute Gasteiger partial charge is 0.387 e. The predicted octanol–water partition coefficient (Wildman–Crippen LogP) is 2.11. The summed E-state index contributed by atoms with van der Waals surface area (Å²) in [7, 11) is 0. The fraction of sp³-hybridized carbons (Fsp3) is 0.176. The standard InChI is InChI=1S/C17H17N3O2/c1-12-6-2-3-7-13(12)15(21)11-19-17(22)14-10-18-16-8-4-5-9-20(14)16/h2-10,15,21H,11H2,1H3,(H,19,22). The van der Waals surface area contributed by atoms with E-state index in [1.807, 2.05) is 49.4 Å². The number of amides is 1. The molecular weight excluding hydrogens is 278 g/mol. The van der Waals surface area contributed by atoms with Gasteiger partial charge >= 0.3 is 0 Å². The van der Waals surface area contributed by atoms with Gasteiger partial charge in [-0.3, -0.25) is 9.20 Å². The number of carbonyl (C=O) groups excluding carboxylic acids is 1. The SMILES string of the molecule is Cc1ccccc1C(O)CNC(=O)c1cnc2ccccn12. The van der Waals surface area contributed by atoms with Crippen LogP contribution in [-0.4, -0.2) is 26.9 Å². The molecule has 0 bridgehead atoms. The zero-order valence-corrected chi connectivity index (χ0v) is 12.2. The minimum atomic E-state index is -0.732. The zero-order chi connectivity index (χ0) is 15.5. The molecule has 2 heterocycles. The minimum Gasteiger partial charge on any atom is -0.387 e. The van der Waals surface area contributed by atoms with E-state index in [9.17, 15) is 9.90 Å².